The van der Waals surface area contributed by atoms with Gasteiger partial charge in [-0.15, -0.1) is 0 Å². The average Bonchev–Trinajstić information content (AvgIpc) is 2.42. The van der Waals surface area contributed by atoms with Gasteiger partial charge in [0.2, 0.25) is 5.91 Å². The summed E-state index contributed by atoms with van der Waals surface area (Å²) in [5.41, 5.74) is 2.50. The summed E-state index contributed by atoms with van der Waals surface area (Å²) in [4.78, 5) is 19.5. The predicted octanol–water partition coefficient (Wildman–Crippen LogP) is 3.06. The minimum absolute atomic E-state index is 0.0886. The molecule has 0 aliphatic rings. The van der Waals surface area contributed by atoms with Crippen molar-refractivity contribution < 1.29 is 9.18 Å². The molecule has 0 bridgehead atoms. The summed E-state index contributed by atoms with van der Waals surface area (Å²) >= 11 is 0. The number of hydrogen-bond donors (Lipinski definition) is 2. The lowest BCUT2D eigenvalue weighted by Crippen LogP contribution is -2.12. The van der Waals surface area contributed by atoms with E-state index in [1.54, 1.807) is 24.5 Å². The lowest BCUT2D eigenvalue weighted by atomic mass is 10.1. The second-order valence-corrected chi connectivity index (χ2v) is 4.77. The first-order valence-electron chi connectivity index (χ1n) is 6.58. The number of nitrogens with zero attached hydrogens (tertiary/aromatic N) is 2. The lowest BCUT2D eigenvalue weighted by Gasteiger charge is -2.17. The first-order chi connectivity index (χ1) is 9.97. The van der Waals surface area contributed by atoms with Gasteiger partial charge in [-0.3, -0.25) is 14.8 Å². The van der Waals surface area contributed by atoms with Crippen LogP contribution < -0.4 is 10.6 Å². The number of hydrogen-bond acceptors (Lipinski definition) is 4. The number of rotatable bonds is 4. The number of nitrogens with one attached hydrogen (secondary N) is 2. The van der Waals surface area contributed by atoms with Crippen molar-refractivity contribution in [1.29, 1.82) is 0 Å². The van der Waals surface area contributed by atoms with E-state index in [9.17, 15) is 9.18 Å². The molecule has 5 nitrogen and oxygen atoms in total. The molecule has 2 rings (SSSR count). The fourth-order valence-corrected chi connectivity index (χ4v) is 2.06. The molecule has 0 fully saturated rings. The molecule has 1 aromatic heterocycles. The van der Waals surface area contributed by atoms with Crippen molar-refractivity contribution in [2.45, 2.75) is 26.8 Å². The molecule has 110 valence electrons. The van der Waals surface area contributed by atoms with Crippen LogP contribution >= 0.6 is 0 Å². The highest BCUT2D eigenvalue weighted by Crippen LogP contribution is 2.24. The van der Waals surface area contributed by atoms with Crippen molar-refractivity contribution in [3.05, 3.63) is 47.8 Å². The van der Waals surface area contributed by atoms with E-state index in [1.807, 2.05) is 13.8 Å². The van der Waals surface area contributed by atoms with Crippen molar-refractivity contribution in [2.24, 2.45) is 0 Å². The van der Waals surface area contributed by atoms with Crippen LogP contribution in [-0.4, -0.2) is 15.9 Å². The van der Waals surface area contributed by atoms with Crippen LogP contribution in [0.15, 0.2) is 30.6 Å². The summed E-state index contributed by atoms with van der Waals surface area (Å²) in [6, 6.07) is 4.39. The highest BCUT2D eigenvalue weighted by molar-refractivity contribution is 5.89. The van der Waals surface area contributed by atoms with E-state index >= 15 is 0 Å². The molecular formula is C15H17FN4O. The third kappa shape index (κ3) is 3.75. The molecule has 0 radical (unpaired) electrons. The molecule has 0 aliphatic carbocycles. The molecule has 0 saturated heterocycles. The zero-order valence-electron chi connectivity index (χ0n) is 12.1. The Morgan fingerprint density at radius 1 is 1.29 bits per heavy atom. The van der Waals surface area contributed by atoms with E-state index in [0.717, 1.165) is 11.4 Å². The summed E-state index contributed by atoms with van der Waals surface area (Å²) in [5, 5.41) is 5.68. The summed E-state index contributed by atoms with van der Waals surface area (Å²) in [6.07, 6.45) is 3.27. The SMILES string of the molecule is CC(=O)Nc1cc(NC(C)c2nccnc2C)ccc1F. The molecule has 0 spiro atoms. The van der Waals surface area contributed by atoms with Crippen LogP contribution in [0.3, 0.4) is 0 Å². The summed E-state index contributed by atoms with van der Waals surface area (Å²) in [6.45, 7) is 5.16. The molecule has 1 unspecified atom stereocenters. The minimum atomic E-state index is -0.473. The molecule has 1 aromatic carbocycles. The van der Waals surface area contributed by atoms with E-state index in [4.69, 9.17) is 0 Å². The number of aromatic nitrogens is 2. The maximum atomic E-state index is 13.6. The Hall–Kier alpha value is -2.50. The number of carbonyl (C=O) groups excluding carboxylic acids is 1. The van der Waals surface area contributed by atoms with Gasteiger partial charge in [-0.05, 0) is 32.0 Å². The monoisotopic (exact) mass is 288 g/mol. The van der Waals surface area contributed by atoms with E-state index < -0.39 is 5.82 Å². The van der Waals surface area contributed by atoms with Crippen LogP contribution in [0.2, 0.25) is 0 Å². The first kappa shape index (κ1) is 14.9. The Morgan fingerprint density at radius 3 is 2.67 bits per heavy atom. The van der Waals surface area contributed by atoms with Crippen molar-refractivity contribution in [3.63, 3.8) is 0 Å². The molecule has 1 amide bonds. The van der Waals surface area contributed by atoms with E-state index in [0.29, 0.717) is 5.69 Å². The largest absolute Gasteiger partial charge is 0.377 e. The van der Waals surface area contributed by atoms with Crippen molar-refractivity contribution >= 4 is 17.3 Å². The van der Waals surface area contributed by atoms with Crippen LogP contribution in [0, 0.1) is 12.7 Å². The Balaban J connectivity index is 2.20. The quantitative estimate of drug-likeness (QED) is 0.907. The maximum absolute atomic E-state index is 13.6. The number of anilines is 2. The Morgan fingerprint density at radius 2 is 2.00 bits per heavy atom. The van der Waals surface area contributed by atoms with Crippen molar-refractivity contribution in [2.75, 3.05) is 10.6 Å². The second-order valence-electron chi connectivity index (χ2n) is 4.77. The molecule has 6 heteroatoms. The van der Waals surface area contributed by atoms with Gasteiger partial charge >= 0.3 is 0 Å². The number of halogens is 1. The maximum Gasteiger partial charge on any atom is 0.221 e. The number of benzene rings is 1. The zero-order chi connectivity index (χ0) is 15.4. The Bertz CT molecular complexity index is 660. The zero-order valence-corrected chi connectivity index (χ0v) is 12.1. The first-order valence-corrected chi connectivity index (χ1v) is 6.58. The molecule has 0 saturated carbocycles. The fraction of sp³-hybridized carbons (Fsp3) is 0.267. The van der Waals surface area contributed by atoms with Crippen LogP contribution in [0.1, 0.15) is 31.3 Å². The van der Waals surface area contributed by atoms with Gasteiger partial charge in [-0.25, -0.2) is 4.39 Å². The molecule has 1 heterocycles. The average molecular weight is 288 g/mol. The third-order valence-corrected chi connectivity index (χ3v) is 2.99. The predicted molar refractivity (Wildman–Crippen MR) is 79.5 cm³/mol. The molecule has 21 heavy (non-hydrogen) atoms. The Kier molecular flexibility index (Phi) is 4.47. The van der Waals surface area contributed by atoms with Crippen LogP contribution in [0.5, 0.6) is 0 Å². The van der Waals surface area contributed by atoms with Crippen LogP contribution in [0.25, 0.3) is 0 Å². The van der Waals surface area contributed by atoms with Gasteiger partial charge in [0, 0.05) is 25.0 Å². The van der Waals surface area contributed by atoms with Crippen molar-refractivity contribution in [1.82, 2.24) is 9.97 Å². The summed E-state index contributed by atoms with van der Waals surface area (Å²) < 4.78 is 13.6. The second kappa shape index (κ2) is 6.30. The third-order valence-electron chi connectivity index (χ3n) is 2.99. The lowest BCUT2D eigenvalue weighted by molar-refractivity contribution is -0.114. The summed E-state index contributed by atoms with van der Waals surface area (Å²) in [5.74, 6) is -0.789. The molecule has 0 aliphatic heterocycles. The van der Waals surface area contributed by atoms with E-state index in [-0.39, 0.29) is 17.6 Å². The molecular weight excluding hydrogens is 271 g/mol. The summed E-state index contributed by atoms with van der Waals surface area (Å²) in [7, 11) is 0. The van der Waals surface area contributed by atoms with Gasteiger partial charge in [0.15, 0.2) is 0 Å². The minimum Gasteiger partial charge on any atom is -0.377 e. The molecule has 1 atom stereocenters. The fourth-order valence-electron chi connectivity index (χ4n) is 2.06. The van der Waals surface area contributed by atoms with E-state index in [2.05, 4.69) is 20.6 Å². The van der Waals surface area contributed by atoms with Gasteiger partial charge in [0.1, 0.15) is 5.82 Å². The molecule has 2 aromatic rings. The normalized spacial score (nSPS) is 11.8. The van der Waals surface area contributed by atoms with Crippen molar-refractivity contribution in [3.8, 4) is 0 Å². The molecule has 2 N–H and O–H groups in total. The van der Waals surface area contributed by atoms with Gasteiger partial charge < -0.3 is 10.6 Å². The van der Waals surface area contributed by atoms with Crippen LogP contribution in [-0.2, 0) is 4.79 Å². The van der Waals surface area contributed by atoms with Gasteiger partial charge in [0.25, 0.3) is 0 Å². The van der Waals surface area contributed by atoms with Gasteiger partial charge in [-0.2, -0.15) is 0 Å². The smallest absolute Gasteiger partial charge is 0.221 e. The van der Waals surface area contributed by atoms with Gasteiger partial charge in [0.05, 0.1) is 23.1 Å². The number of aryl methyl sites for hydroxylation is 1. The number of carbonyl (C=O) groups is 1. The van der Waals surface area contributed by atoms with Crippen LogP contribution in [0.4, 0.5) is 15.8 Å². The van der Waals surface area contributed by atoms with E-state index in [1.165, 1.54) is 13.0 Å². The standard InChI is InChI=1S/C15H17FN4O/c1-9-15(18-7-6-17-9)10(2)19-12-4-5-13(16)14(8-12)20-11(3)21/h4-8,10,19H,1-3H3,(H,20,21). The highest BCUT2D eigenvalue weighted by Gasteiger charge is 2.12. The highest BCUT2D eigenvalue weighted by atomic mass is 19.1. The number of amides is 1. The van der Waals surface area contributed by atoms with Gasteiger partial charge in [-0.1, -0.05) is 0 Å². The Labute approximate surface area is 122 Å². The topological polar surface area (TPSA) is 66.9 Å².